The molecule has 17 heavy (non-hydrogen) atoms. The molecule has 0 aliphatic heterocycles. The molecule has 0 fully saturated rings. The zero-order valence-corrected chi connectivity index (χ0v) is 10.9. The molecule has 0 saturated carbocycles. The number of benzene rings is 1. The first-order valence-electron chi connectivity index (χ1n) is 5.81. The lowest BCUT2D eigenvalue weighted by atomic mass is 10.1. The lowest BCUT2D eigenvalue weighted by Gasteiger charge is -2.22. The van der Waals surface area contributed by atoms with E-state index in [1.807, 2.05) is 20.0 Å². The largest absolute Gasteiger partial charge is 0.392 e. The van der Waals surface area contributed by atoms with E-state index in [2.05, 4.69) is 5.32 Å². The van der Waals surface area contributed by atoms with Crippen molar-refractivity contribution in [3.8, 4) is 0 Å². The van der Waals surface area contributed by atoms with Gasteiger partial charge in [0.15, 0.2) is 0 Å². The van der Waals surface area contributed by atoms with Crippen molar-refractivity contribution in [2.45, 2.75) is 26.0 Å². The van der Waals surface area contributed by atoms with Crippen LogP contribution >= 0.6 is 0 Å². The van der Waals surface area contributed by atoms with Gasteiger partial charge in [-0.25, -0.2) is 4.39 Å². The molecule has 0 aromatic heterocycles. The number of aliphatic hydroxyl groups excluding tert-OH is 1. The molecule has 0 bridgehead atoms. The molecule has 96 valence electrons. The summed E-state index contributed by atoms with van der Waals surface area (Å²) in [6.45, 7) is 4.08. The van der Waals surface area contributed by atoms with Gasteiger partial charge in [-0.2, -0.15) is 0 Å². The first kappa shape index (κ1) is 13.9. The summed E-state index contributed by atoms with van der Waals surface area (Å²) in [5.74, 6) is -0.257. The molecule has 0 aliphatic rings. The van der Waals surface area contributed by atoms with Gasteiger partial charge in [0.05, 0.1) is 11.8 Å². The SMILES string of the molecule is CNC(C)c1ccc(N(C)CC(C)O)c(F)c1. The number of hydrogen-bond donors (Lipinski definition) is 2. The minimum atomic E-state index is -0.477. The summed E-state index contributed by atoms with van der Waals surface area (Å²) in [4.78, 5) is 1.72. The molecule has 1 rings (SSSR count). The van der Waals surface area contributed by atoms with E-state index in [9.17, 15) is 9.50 Å². The van der Waals surface area contributed by atoms with E-state index in [4.69, 9.17) is 0 Å². The van der Waals surface area contributed by atoms with E-state index >= 15 is 0 Å². The van der Waals surface area contributed by atoms with Crippen molar-refractivity contribution in [3.05, 3.63) is 29.6 Å². The fourth-order valence-electron chi connectivity index (χ4n) is 1.76. The minimum Gasteiger partial charge on any atom is -0.392 e. The van der Waals surface area contributed by atoms with Crippen molar-refractivity contribution in [1.82, 2.24) is 5.32 Å². The van der Waals surface area contributed by atoms with Crippen molar-refractivity contribution >= 4 is 5.69 Å². The normalized spacial score (nSPS) is 14.5. The summed E-state index contributed by atoms with van der Waals surface area (Å²) in [6, 6.07) is 5.31. The summed E-state index contributed by atoms with van der Waals surface area (Å²) in [5, 5.41) is 12.4. The van der Waals surface area contributed by atoms with E-state index in [0.717, 1.165) is 5.56 Å². The molecular formula is C13H21FN2O. The van der Waals surface area contributed by atoms with Gasteiger partial charge in [-0.1, -0.05) is 6.07 Å². The predicted molar refractivity (Wildman–Crippen MR) is 68.8 cm³/mol. The first-order valence-corrected chi connectivity index (χ1v) is 5.81. The van der Waals surface area contributed by atoms with Gasteiger partial charge in [-0.3, -0.25) is 0 Å². The van der Waals surface area contributed by atoms with Crippen LogP contribution in [0.4, 0.5) is 10.1 Å². The van der Waals surface area contributed by atoms with Crippen LogP contribution in [0.25, 0.3) is 0 Å². The fourth-order valence-corrected chi connectivity index (χ4v) is 1.76. The Morgan fingerprint density at radius 1 is 1.41 bits per heavy atom. The van der Waals surface area contributed by atoms with Gasteiger partial charge in [0.25, 0.3) is 0 Å². The van der Waals surface area contributed by atoms with Crippen molar-refractivity contribution in [2.24, 2.45) is 0 Å². The van der Waals surface area contributed by atoms with Crippen LogP contribution in [0.2, 0.25) is 0 Å². The molecule has 4 heteroatoms. The Labute approximate surface area is 102 Å². The van der Waals surface area contributed by atoms with Gasteiger partial charge >= 0.3 is 0 Å². The molecule has 0 heterocycles. The molecule has 0 radical (unpaired) electrons. The standard InChI is InChI=1S/C13H21FN2O/c1-9(17)8-16(4)13-6-5-11(7-12(13)14)10(2)15-3/h5-7,9-10,15,17H,8H2,1-4H3. The number of rotatable bonds is 5. The summed E-state index contributed by atoms with van der Waals surface area (Å²) >= 11 is 0. The van der Waals surface area contributed by atoms with E-state index in [0.29, 0.717) is 12.2 Å². The Bertz CT molecular complexity index is 368. The molecule has 0 amide bonds. The molecular weight excluding hydrogens is 219 g/mol. The summed E-state index contributed by atoms with van der Waals surface area (Å²) in [6.07, 6.45) is -0.477. The average molecular weight is 240 g/mol. The third-order valence-corrected chi connectivity index (χ3v) is 2.85. The lowest BCUT2D eigenvalue weighted by Crippen LogP contribution is -2.27. The van der Waals surface area contributed by atoms with Crippen LogP contribution in [0.5, 0.6) is 0 Å². The van der Waals surface area contributed by atoms with Gasteiger partial charge in [-0.05, 0) is 38.6 Å². The van der Waals surface area contributed by atoms with Gasteiger partial charge < -0.3 is 15.3 Å². The van der Waals surface area contributed by atoms with Crippen LogP contribution < -0.4 is 10.2 Å². The number of anilines is 1. The van der Waals surface area contributed by atoms with Gasteiger partial charge in [0.2, 0.25) is 0 Å². The maximum Gasteiger partial charge on any atom is 0.146 e. The maximum atomic E-state index is 13.9. The second-order valence-corrected chi connectivity index (χ2v) is 4.45. The highest BCUT2D eigenvalue weighted by molar-refractivity contribution is 5.49. The Balaban J connectivity index is 2.89. The van der Waals surface area contributed by atoms with Crippen LogP contribution in [0.3, 0.4) is 0 Å². The highest BCUT2D eigenvalue weighted by atomic mass is 19.1. The fraction of sp³-hybridized carbons (Fsp3) is 0.538. The zero-order chi connectivity index (χ0) is 13.0. The van der Waals surface area contributed by atoms with Crippen LogP contribution in [0.15, 0.2) is 18.2 Å². The summed E-state index contributed by atoms with van der Waals surface area (Å²) < 4.78 is 13.9. The van der Waals surface area contributed by atoms with Crippen molar-refractivity contribution in [1.29, 1.82) is 0 Å². The van der Waals surface area contributed by atoms with E-state index < -0.39 is 6.10 Å². The van der Waals surface area contributed by atoms with E-state index in [1.54, 1.807) is 24.9 Å². The number of aliphatic hydroxyl groups is 1. The van der Waals surface area contributed by atoms with E-state index in [1.165, 1.54) is 6.07 Å². The highest BCUT2D eigenvalue weighted by Crippen LogP contribution is 2.22. The maximum absolute atomic E-state index is 13.9. The molecule has 1 aromatic carbocycles. The zero-order valence-electron chi connectivity index (χ0n) is 10.9. The second kappa shape index (κ2) is 5.98. The van der Waals surface area contributed by atoms with Gasteiger partial charge in [-0.15, -0.1) is 0 Å². The van der Waals surface area contributed by atoms with Crippen molar-refractivity contribution in [2.75, 3.05) is 25.5 Å². The third-order valence-electron chi connectivity index (χ3n) is 2.85. The highest BCUT2D eigenvalue weighted by Gasteiger charge is 2.12. The molecule has 0 spiro atoms. The van der Waals surface area contributed by atoms with E-state index in [-0.39, 0.29) is 11.9 Å². The first-order chi connectivity index (χ1) is 7.95. The number of hydrogen-bond acceptors (Lipinski definition) is 3. The monoisotopic (exact) mass is 240 g/mol. The van der Waals surface area contributed by atoms with Gasteiger partial charge in [0, 0.05) is 19.6 Å². The quantitative estimate of drug-likeness (QED) is 0.825. The molecule has 2 N–H and O–H groups in total. The van der Waals surface area contributed by atoms with Gasteiger partial charge in [0.1, 0.15) is 5.82 Å². The molecule has 2 unspecified atom stereocenters. The smallest absolute Gasteiger partial charge is 0.146 e. The molecule has 3 nitrogen and oxygen atoms in total. The molecule has 0 saturated heterocycles. The predicted octanol–water partition coefficient (Wildman–Crippen LogP) is 1.92. The number of halogens is 1. The molecule has 0 aliphatic carbocycles. The summed E-state index contributed by atoms with van der Waals surface area (Å²) in [5.41, 5.74) is 1.43. The topological polar surface area (TPSA) is 35.5 Å². The van der Waals surface area contributed by atoms with Crippen molar-refractivity contribution in [3.63, 3.8) is 0 Å². The number of nitrogens with zero attached hydrogens (tertiary/aromatic N) is 1. The Morgan fingerprint density at radius 2 is 2.06 bits per heavy atom. The lowest BCUT2D eigenvalue weighted by molar-refractivity contribution is 0.201. The second-order valence-electron chi connectivity index (χ2n) is 4.45. The Morgan fingerprint density at radius 3 is 2.53 bits per heavy atom. The van der Waals surface area contributed by atoms with Crippen molar-refractivity contribution < 1.29 is 9.50 Å². The number of likely N-dealkylation sites (N-methyl/N-ethyl adjacent to an activating group) is 1. The van der Waals surface area contributed by atoms with Crippen LogP contribution in [0, 0.1) is 5.82 Å². The van der Waals surface area contributed by atoms with Crippen LogP contribution in [-0.4, -0.2) is 31.9 Å². The average Bonchev–Trinajstić information content (AvgIpc) is 2.26. The Hall–Kier alpha value is -1.13. The third kappa shape index (κ3) is 3.68. The summed E-state index contributed by atoms with van der Waals surface area (Å²) in [7, 11) is 3.61. The molecule has 1 aromatic rings. The Kier molecular flexibility index (Phi) is 4.90. The van der Waals surface area contributed by atoms with Crippen LogP contribution in [0.1, 0.15) is 25.5 Å². The van der Waals surface area contributed by atoms with Crippen LogP contribution in [-0.2, 0) is 0 Å². The number of nitrogens with one attached hydrogen (secondary N) is 1. The molecule has 2 atom stereocenters. The minimum absolute atomic E-state index is 0.126.